The maximum atomic E-state index is 12.3. The molecule has 3 heterocycles. The first-order valence-corrected chi connectivity index (χ1v) is 10.3. The Morgan fingerprint density at radius 2 is 1.67 bits per heavy atom. The fraction of sp³-hybridized carbons (Fsp3) is 0.450. The van der Waals surface area contributed by atoms with Crippen molar-refractivity contribution in [2.45, 2.75) is 6.54 Å². The second kappa shape index (κ2) is 9.03. The number of halogens is 1. The van der Waals surface area contributed by atoms with Gasteiger partial charge < -0.3 is 29.6 Å². The van der Waals surface area contributed by atoms with E-state index >= 15 is 0 Å². The van der Waals surface area contributed by atoms with Crippen LogP contribution in [-0.2, 0) is 11.3 Å². The van der Waals surface area contributed by atoms with Crippen molar-refractivity contribution in [3.63, 3.8) is 0 Å². The van der Waals surface area contributed by atoms with Crippen LogP contribution in [0.3, 0.4) is 0 Å². The third-order valence-electron chi connectivity index (χ3n) is 5.37. The number of carbonyl (C=O) groups excluding carboxylic acids is 1. The molecule has 10 heteroatoms. The van der Waals surface area contributed by atoms with Gasteiger partial charge in [-0.05, 0) is 17.7 Å². The Morgan fingerprint density at radius 1 is 1.00 bits per heavy atom. The van der Waals surface area contributed by atoms with Crippen molar-refractivity contribution >= 4 is 23.4 Å². The van der Waals surface area contributed by atoms with Gasteiger partial charge in [-0.1, -0.05) is 17.7 Å². The van der Waals surface area contributed by atoms with E-state index in [9.17, 15) is 15.0 Å². The van der Waals surface area contributed by atoms with Crippen LogP contribution in [0.4, 0.5) is 10.5 Å². The van der Waals surface area contributed by atoms with Crippen LogP contribution in [0.1, 0.15) is 5.56 Å². The summed E-state index contributed by atoms with van der Waals surface area (Å²) in [6.45, 7) is 6.20. The SMILES string of the molecule is O=C(On1c(O)ccc1O)N1CCN(Cc2ccc(N3CCOCC3)c(Cl)c2)CC1. The lowest BCUT2D eigenvalue weighted by molar-refractivity contribution is 0.0555. The van der Waals surface area contributed by atoms with E-state index in [1.54, 1.807) is 4.90 Å². The molecule has 0 bridgehead atoms. The van der Waals surface area contributed by atoms with Crippen LogP contribution >= 0.6 is 11.6 Å². The molecule has 2 aliphatic heterocycles. The molecular weight excluding hydrogens is 412 g/mol. The van der Waals surface area contributed by atoms with Gasteiger partial charge in [0.25, 0.3) is 0 Å². The lowest BCUT2D eigenvalue weighted by Crippen LogP contribution is -2.50. The first-order valence-electron chi connectivity index (χ1n) is 9.91. The molecule has 0 unspecified atom stereocenters. The quantitative estimate of drug-likeness (QED) is 0.754. The highest BCUT2D eigenvalue weighted by molar-refractivity contribution is 6.33. The van der Waals surface area contributed by atoms with Crippen molar-refractivity contribution in [2.24, 2.45) is 0 Å². The molecule has 0 atom stereocenters. The monoisotopic (exact) mass is 436 g/mol. The number of morpholine rings is 1. The lowest BCUT2D eigenvalue weighted by Gasteiger charge is -2.34. The van der Waals surface area contributed by atoms with Crippen LogP contribution in [0.25, 0.3) is 0 Å². The largest absolute Gasteiger partial charge is 0.492 e. The second-order valence-electron chi connectivity index (χ2n) is 7.35. The Kier molecular flexibility index (Phi) is 6.21. The predicted octanol–water partition coefficient (Wildman–Crippen LogP) is 1.76. The van der Waals surface area contributed by atoms with Crippen LogP contribution in [0.2, 0.25) is 5.02 Å². The van der Waals surface area contributed by atoms with E-state index in [-0.39, 0.29) is 11.8 Å². The molecule has 1 aromatic heterocycles. The predicted molar refractivity (Wildman–Crippen MR) is 111 cm³/mol. The Hall–Kier alpha value is -2.62. The summed E-state index contributed by atoms with van der Waals surface area (Å²) < 4.78 is 6.10. The van der Waals surface area contributed by atoms with E-state index in [1.807, 2.05) is 6.07 Å². The fourth-order valence-electron chi connectivity index (χ4n) is 3.69. The Labute approximate surface area is 179 Å². The number of nitrogens with zero attached hydrogens (tertiary/aromatic N) is 4. The van der Waals surface area contributed by atoms with Crippen molar-refractivity contribution in [3.05, 3.63) is 40.9 Å². The van der Waals surface area contributed by atoms with Gasteiger partial charge in [-0.25, -0.2) is 4.79 Å². The summed E-state index contributed by atoms with van der Waals surface area (Å²) in [6.07, 6.45) is -0.616. The zero-order valence-electron chi connectivity index (χ0n) is 16.5. The van der Waals surface area contributed by atoms with Crippen molar-refractivity contribution < 1.29 is 24.6 Å². The summed E-state index contributed by atoms with van der Waals surface area (Å²) in [6, 6.07) is 8.65. The van der Waals surface area contributed by atoms with Gasteiger partial charge in [-0.3, -0.25) is 4.90 Å². The van der Waals surface area contributed by atoms with Gasteiger partial charge in [0.15, 0.2) is 0 Å². The number of piperazine rings is 1. The Morgan fingerprint density at radius 3 is 2.30 bits per heavy atom. The molecule has 1 amide bonds. The Bertz CT molecular complexity index is 872. The standard InChI is InChI=1S/C20H25ClN4O5/c21-16-13-15(1-2-17(16)23-9-11-29-12-10-23)14-22-5-7-24(8-6-22)20(28)30-25-18(26)3-4-19(25)27/h1-4,13,26-27H,5-12,14H2. The highest BCUT2D eigenvalue weighted by Crippen LogP contribution is 2.28. The summed E-state index contributed by atoms with van der Waals surface area (Å²) in [5.41, 5.74) is 2.16. The number of carbonyl (C=O) groups is 1. The van der Waals surface area contributed by atoms with Gasteiger partial charge >= 0.3 is 6.09 Å². The van der Waals surface area contributed by atoms with Crippen molar-refractivity contribution in [1.82, 2.24) is 14.5 Å². The fourth-order valence-corrected chi connectivity index (χ4v) is 4.01. The third-order valence-corrected chi connectivity index (χ3v) is 5.67. The Balaban J connectivity index is 1.29. The summed E-state index contributed by atoms with van der Waals surface area (Å²) >= 11 is 6.52. The minimum absolute atomic E-state index is 0.336. The first-order chi connectivity index (χ1) is 14.5. The molecule has 9 nitrogen and oxygen atoms in total. The van der Waals surface area contributed by atoms with Gasteiger partial charge in [-0.2, -0.15) is 0 Å². The first kappa shape index (κ1) is 20.6. The average molecular weight is 437 g/mol. The molecule has 2 aromatic rings. The number of hydrogen-bond donors (Lipinski definition) is 2. The van der Waals surface area contributed by atoms with Crippen molar-refractivity contribution in [1.29, 1.82) is 0 Å². The number of aromatic nitrogens is 1. The minimum atomic E-state index is -0.616. The molecule has 0 spiro atoms. The zero-order valence-corrected chi connectivity index (χ0v) is 17.3. The van der Waals surface area contributed by atoms with Crippen molar-refractivity contribution in [2.75, 3.05) is 57.4 Å². The van der Waals surface area contributed by atoms with Gasteiger partial charge in [0.1, 0.15) is 0 Å². The highest BCUT2D eigenvalue weighted by Gasteiger charge is 2.24. The third kappa shape index (κ3) is 4.58. The molecule has 162 valence electrons. The number of anilines is 1. The number of hydrogen-bond acceptors (Lipinski definition) is 7. The normalized spacial score (nSPS) is 17.9. The summed E-state index contributed by atoms with van der Waals surface area (Å²) in [5, 5.41) is 19.9. The van der Waals surface area contributed by atoms with Crippen LogP contribution < -0.4 is 9.74 Å². The zero-order chi connectivity index (χ0) is 21.1. The molecule has 2 fully saturated rings. The number of aromatic hydroxyl groups is 2. The molecular formula is C20H25ClN4O5. The topological polar surface area (TPSA) is 90.6 Å². The van der Waals surface area contributed by atoms with Crippen LogP contribution in [0.5, 0.6) is 11.8 Å². The van der Waals surface area contributed by atoms with Crippen LogP contribution in [0.15, 0.2) is 30.3 Å². The lowest BCUT2D eigenvalue weighted by atomic mass is 10.1. The average Bonchev–Trinajstić information content (AvgIpc) is 3.07. The molecule has 0 saturated carbocycles. The number of ether oxygens (including phenoxy) is 1. The van der Waals surface area contributed by atoms with E-state index < -0.39 is 6.09 Å². The maximum Gasteiger partial charge on any atom is 0.434 e. The summed E-state index contributed by atoms with van der Waals surface area (Å²) in [7, 11) is 0. The van der Waals surface area contributed by atoms with E-state index in [0.717, 1.165) is 35.9 Å². The number of rotatable bonds is 4. The molecule has 1 aromatic carbocycles. The van der Waals surface area contributed by atoms with Crippen molar-refractivity contribution in [3.8, 4) is 11.8 Å². The van der Waals surface area contributed by atoms with Gasteiger partial charge in [0, 0.05) is 57.9 Å². The van der Waals surface area contributed by atoms with E-state index in [0.29, 0.717) is 44.1 Å². The van der Waals surface area contributed by atoms with Crippen LogP contribution in [0, 0.1) is 0 Å². The van der Waals surface area contributed by atoms with Crippen LogP contribution in [-0.4, -0.2) is 83.3 Å². The smallest absolute Gasteiger partial charge is 0.434 e. The number of benzene rings is 1. The van der Waals surface area contributed by atoms with Gasteiger partial charge in [-0.15, -0.1) is 4.73 Å². The van der Waals surface area contributed by atoms with E-state index in [2.05, 4.69) is 21.9 Å². The second-order valence-corrected chi connectivity index (χ2v) is 7.76. The minimum Gasteiger partial charge on any atom is -0.492 e. The summed E-state index contributed by atoms with van der Waals surface area (Å²) in [5.74, 6) is -0.672. The molecule has 0 radical (unpaired) electrons. The van der Waals surface area contributed by atoms with E-state index in [4.69, 9.17) is 21.2 Å². The van der Waals surface area contributed by atoms with Gasteiger partial charge in [0.2, 0.25) is 11.8 Å². The van der Waals surface area contributed by atoms with E-state index in [1.165, 1.54) is 12.1 Å². The van der Waals surface area contributed by atoms with Gasteiger partial charge in [0.05, 0.1) is 23.9 Å². The molecule has 0 aliphatic carbocycles. The molecule has 2 N–H and O–H groups in total. The summed E-state index contributed by atoms with van der Waals surface area (Å²) in [4.78, 5) is 23.4. The number of amides is 1. The molecule has 4 rings (SSSR count). The molecule has 30 heavy (non-hydrogen) atoms. The highest BCUT2D eigenvalue weighted by atomic mass is 35.5. The maximum absolute atomic E-state index is 12.3. The molecule has 2 aliphatic rings. The molecule has 2 saturated heterocycles.